The summed E-state index contributed by atoms with van der Waals surface area (Å²) in [5.41, 5.74) is 7.83. The molecule has 0 heterocycles. The van der Waals surface area contributed by atoms with Gasteiger partial charge in [-0.25, -0.2) is 0 Å². The van der Waals surface area contributed by atoms with Gasteiger partial charge < -0.3 is 10.5 Å². The zero-order valence-corrected chi connectivity index (χ0v) is 11.5. The van der Waals surface area contributed by atoms with E-state index in [1.54, 1.807) is 11.8 Å². The van der Waals surface area contributed by atoms with Crippen molar-refractivity contribution in [3.63, 3.8) is 0 Å². The third kappa shape index (κ3) is 3.06. The van der Waals surface area contributed by atoms with Crippen LogP contribution in [0.4, 0.5) is 0 Å². The zero-order chi connectivity index (χ0) is 13.0. The molecule has 0 fully saturated rings. The number of thioether (sulfide) groups is 1. The predicted molar refractivity (Wildman–Crippen MR) is 77.4 cm³/mol. The summed E-state index contributed by atoms with van der Waals surface area (Å²) in [5, 5.41) is 0. The number of aryl methyl sites for hydroxylation is 1. The summed E-state index contributed by atoms with van der Waals surface area (Å²) in [6, 6.07) is 14.1. The van der Waals surface area contributed by atoms with E-state index in [9.17, 15) is 0 Å². The summed E-state index contributed by atoms with van der Waals surface area (Å²) in [5.74, 6) is 1.72. The second-order valence-electron chi connectivity index (χ2n) is 4.08. The van der Waals surface area contributed by atoms with Gasteiger partial charge in [-0.1, -0.05) is 12.1 Å². The van der Waals surface area contributed by atoms with E-state index in [4.69, 9.17) is 10.5 Å². The Hall–Kier alpha value is -1.45. The van der Waals surface area contributed by atoms with Crippen LogP contribution in [0.15, 0.2) is 47.4 Å². The van der Waals surface area contributed by atoms with E-state index in [2.05, 4.69) is 18.4 Å². The minimum Gasteiger partial charge on any atom is -0.457 e. The number of ether oxygens (including phenoxy) is 1. The molecule has 2 aromatic rings. The van der Waals surface area contributed by atoms with Gasteiger partial charge >= 0.3 is 0 Å². The van der Waals surface area contributed by atoms with Crippen LogP contribution < -0.4 is 10.5 Å². The second kappa shape index (κ2) is 5.94. The van der Waals surface area contributed by atoms with Crippen LogP contribution in [0.25, 0.3) is 0 Å². The quantitative estimate of drug-likeness (QED) is 0.844. The molecule has 0 spiro atoms. The van der Waals surface area contributed by atoms with Crippen molar-refractivity contribution >= 4 is 11.8 Å². The molecule has 0 unspecified atom stereocenters. The molecule has 2 nitrogen and oxygen atoms in total. The molecule has 0 saturated carbocycles. The highest BCUT2D eigenvalue weighted by molar-refractivity contribution is 7.98. The van der Waals surface area contributed by atoms with Gasteiger partial charge in [0.1, 0.15) is 11.5 Å². The number of benzene rings is 2. The third-order valence-corrected chi connectivity index (χ3v) is 3.52. The standard InChI is InChI=1S/C15H17NOS/c1-11-3-4-12(10-16)9-15(11)17-13-5-7-14(18-2)8-6-13/h3-9H,10,16H2,1-2H3. The van der Waals surface area contributed by atoms with Crippen molar-refractivity contribution in [1.82, 2.24) is 0 Å². The van der Waals surface area contributed by atoms with E-state index in [0.717, 1.165) is 22.6 Å². The maximum absolute atomic E-state index is 5.89. The van der Waals surface area contributed by atoms with Crippen LogP contribution >= 0.6 is 11.8 Å². The highest BCUT2D eigenvalue weighted by atomic mass is 32.2. The maximum atomic E-state index is 5.89. The summed E-state index contributed by atoms with van der Waals surface area (Å²) >= 11 is 1.72. The Morgan fingerprint density at radius 1 is 1.11 bits per heavy atom. The van der Waals surface area contributed by atoms with Crippen LogP contribution in [0.5, 0.6) is 11.5 Å². The van der Waals surface area contributed by atoms with Crippen LogP contribution in [0, 0.1) is 6.92 Å². The lowest BCUT2D eigenvalue weighted by Gasteiger charge is -2.10. The lowest BCUT2D eigenvalue weighted by Crippen LogP contribution is -1.97. The lowest BCUT2D eigenvalue weighted by molar-refractivity contribution is 0.478. The van der Waals surface area contributed by atoms with Gasteiger partial charge in [0.05, 0.1) is 0 Å². The number of rotatable bonds is 4. The van der Waals surface area contributed by atoms with E-state index < -0.39 is 0 Å². The molecule has 2 aromatic carbocycles. The Morgan fingerprint density at radius 3 is 2.44 bits per heavy atom. The molecular formula is C15H17NOS. The van der Waals surface area contributed by atoms with Crippen molar-refractivity contribution in [1.29, 1.82) is 0 Å². The minimum atomic E-state index is 0.530. The fourth-order valence-electron chi connectivity index (χ4n) is 1.65. The van der Waals surface area contributed by atoms with Crippen LogP contribution in [0.2, 0.25) is 0 Å². The van der Waals surface area contributed by atoms with Crippen LogP contribution in [0.1, 0.15) is 11.1 Å². The molecule has 2 rings (SSSR count). The van der Waals surface area contributed by atoms with Crippen molar-refractivity contribution in [3.8, 4) is 11.5 Å². The fourth-order valence-corrected chi connectivity index (χ4v) is 2.06. The summed E-state index contributed by atoms with van der Waals surface area (Å²) in [4.78, 5) is 1.23. The first-order valence-electron chi connectivity index (χ1n) is 5.84. The molecule has 0 aliphatic carbocycles. The molecule has 0 aliphatic heterocycles. The van der Waals surface area contributed by atoms with Gasteiger partial charge in [0.25, 0.3) is 0 Å². The van der Waals surface area contributed by atoms with E-state index in [-0.39, 0.29) is 0 Å². The normalized spacial score (nSPS) is 10.4. The molecule has 0 aromatic heterocycles. The van der Waals surface area contributed by atoms with Gasteiger partial charge in [0.15, 0.2) is 0 Å². The molecule has 0 atom stereocenters. The molecule has 2 N–H and O–H groups in total. The first-order valence-corrected chi connectivity index (χ1v) is 7.07. The zero-order valence-electron chi connectivity index (χ0n) is 10.6. The van der Waals surface area contributed by atoms with E-state index in [0.29, 0.717) is 6.54 Å². The number of hydrogen-bond donors (Lipinski definition) is 1. The Kier molecular flexibility index (Phi) is 4.28. The Balaban J connectivity index is 2.21. The summed E-state index contributed by atoms with van der Waals surface area (Å²) in [6.07, 6.45) is 2.06. The Morgan fingerprint density at radius 2 is 1.83 bits per heavy atom. The van der Waals surface area contributed by atoms with Crippen molar-refractivity contribution in [2.75, 3.05) is 6.26 Å². The minimum absolute atomic E-state index is 0.530. The lowest BCUT2D eigenvalue weighted by atomic mass is 10.1. The summed E-state index contributed by atoms with van der Waals surface area (Å²) in [7, 11) is 0. The molecule has 94 valence electrons. The van der Waals surface area contributed by atoms with Gasteiger partial charge in [-0.3, -0.25) is 0 Å². The average molecular weight is 259 g/mol. The third-order valence-electron chi connectivity index (χ3n) is 2.78. The molecule has 18 heavy (non-hydrogen) atoms. The first-order chi connectivity index (χ1) is 8.72. The number of hydrogen-bond acceptors (Lipinski definition) is 3. The summed E-state index contributed by atoms with van der Waals surface area (Å²) in [6.45, 7) is 2.56. The van der Waals surface area contributed by atoms with E-state index in [1.807, 2.05) is 37.3 Å². The summed E-state index contributed by atoms with van der Waals surface area (Å²) < 4.78 is 5.89. The SMILES string of the molecule is CSc1ccc(Oc2cc(CN)ccc2C)cc1. The van der Waals surface area contributed by atoms with Gasteiger partial charge in [-0.2, -0.15) is 0 Å². The number of nitrogens with two attached hydrogens (primary N) is 1. The maximum Gasteiger partial charge on any atom is 0.130 e. The molecule has 0 amide bonds. The van der Waals surface area contributed by atoms with Crippen LogP contribution in [-0.2, 0) is 6.54 Å². The molecular weight excluding hydrogens is 242 g/mol. The van der Waals surface area contributed by atoms with Crippen LogP contribution in [0.3, 0.4) is 0 Å². The second-order valence-corrected chi connectivity index (χ2v) is 4.96. The van der Waals surface area contributed by atoms with E-state index in [1.165, 1.54) is 4.90 Å². The predicted octanol–water partition coefficient (Wildman–Crippen LogP) is 3.97. The van der Waals surface area contributed by atoms with Crippen molar-refractivity contribution < 1.29 is 4.74 Å². The van der Waals surface area contributed by atoms with Gasteiger partial charge in [0.2, 0.25) is 0 Å². The van der Waals surface area contributed by atoms with E-state index >= 15 is 0 Å². The molecule has 0 saturated heterocycles. The van der Waals surface area contributed by atoms with Crippen molar-refractivity contribution in [3.05, 3.63) is 53.6 Å². The molecule has 0 bridgehead atoms. The van der Waals surface area contributed by atoms with Crippen LogP contribution in [-0.4, -0.2) is 6.26 Å². The molecule has 3 heteroatoms. The molecule has 0 radical (unpaired) electrons. The van der Waals surface area contributed by atoms with Gasteiger partial charge in [0, 0.05) is 11.4 Å². The molecule has 0 aliphatic rings. The Labute approximate surface area is 112 Å². The smallest absolute Gasteiger partial charge is 0.130 e. The van der Waals surface area contributed by atoms with Crippen molar-refractivity contribution in [2.45, 2.75) is 18.4 Å². The van der Waals surface area contributed by atoms with Gasteiger partial charge in [-0.15, -0.1) is 11.8 Å². The highest BCUT2D eigenvalue weighted by Crippen LogP contribution is 2.27. The largest absolute Gasteiger partial charge is 0.457 e. The monoisotopic (exact) mass is 259 g/mol. The first kappa shape index (κ1) is 13.0. The van der Waals surface area contributed by atoms with Crippen molar-refractivity contribution in [2.24, 2.45) is 5.73 Å². The highest BCUT2D eigenvalue weighted by Gasteiger charge is 2.03. The topological polar surface area (TPSA) is 35.2 Å². The fraction of sp³-hybridized carbons (Fsp3) is 0.200. The Bertz CT molecular complexity index is 523. The van der Waals surface area contributed by atoms with Gasteiger partial charge in [-0.05, 0) is 54.6 Å². The average Bonchev–Trinajstić information content (AvgIpc) is 2.42.